The van der Waals surface area contributed by atoms with Gasteiger partial charge in [-0.25, -0.2) is 0 Å². The number of ether oxygens (including phenoxy) is 1. The Bertz CT molecular complexity index is 767. The van der Waals surface area contributed by atoms with Gasteiger partial charge >= 0.3 is 0 Å². The van der Waals surface area contributed by atoms with Gasteiger partial charge in [0.2, 0.25) is 0 Å². The Hall–Kier alpha value is -2.50. The maximum absolute atomic E-state index is 5.41. The molecule has 1 aliphatic heterocycles. The average Bonchev–Trinajstić information content (AvgIpc) is 3.29. The number of guanidine groups is 1. The smallest absolute Gasteiger partial charge is 0.193 e. The fourth-order valence-electron chi connectivity index (χ4n) is 3.55. The van der Waals surface area contributed by atoms with Gasteiger partial charge in [-0.05, 0) is 42.5 Å². The van der Waals surface area contributed by atoms with Crippen molar-refractivity contribution < 1.29 is 4.74 Å². The van der Waals surface area contributed by atoms with Crippen LogP contribution in [-0.2, 0) is 13.5 Å². The number of likely N-dealkylation sites (tertiary alicyclic amines) is 1. The number of nitrogens with zero attached hydrogens (tertiary/aromatic N) is 4. The maximum atomic E-state index is 5.41. The summed E-state index contributed by atoms with van der Waals surface area (Å²) < 4.78 is 7.29. The highest BCUT2D eigenvalue weighted by atomic mass is 16.5. The molecule has 0 amide bonds. The third kappa shape index (κ3) is 4.18. The summed E-state index contributed by atoms with van der Waals surface area (Å²) in [5.74, 6) is 2.46. The van der Waals surface area contributed by atoms with E-state index in [0.717, 1.165) is 44.2 Å². The highest BCUT2D eigenvalue weighted by molar-refractivity contribution is 5.80. The van der Waals surface area contributed by atoms with Gasteiger partial charge in [-0.1, -0.05) is 12.1 Å². The minimum Gasteiger partial charge on any atom is -0.496 e. The second-order valence-corrected chi connectivity index (χ2v) is 6.91. The fourth-order valence-corrected chi connectivity index (χ4v) is 3.55. The van der Waals surface area contributed by atoms with Crippen molar-refractivity contribution in [3.63, 3.8) is 0 Å². The van der Waals surface area contributed by atoms with E-state index in [4.69, 9.17) is 4.74 Å². The van der Waals surface area contributed by atoms with Crippen LogP contribution in [-0.4, -0.2) is 54.4 Å². The predicted octanol–water partition coefficient (Wildman–Crippen LogP) is 2.34. The first kappa shape index (κ1) is 18.3. The molecule has 1 unspecified atom stereocenters. The van der Waals surface area contributed by atoms with Gasteiger partial charge in [0.05, 0.1) is 13.3 Å². The maximum Gasteiger partial charge on any atom is 0.193 e. The van der Waals surface area contributed by atoms with Crippen molar-refractivity contribution in [1.82, 2.24) is 20.0 Å². The molecule has 1 aromatic carbocycles. The lowest BCUT2D eigenvalue weighted by molar-refractivity contribution is 0.411. The molecule has 140 valence electrons. The number of hydrogen-bond donors (Lipinski definition) is 1. The van der Waals surface area contributed by atoms with E-state index in [2.05, 4.69) is 51.6 Å². The quantitative estimate of drug-likeness (QED) is 0.661. The summed E-state index contributed by atoms with van der Waals surface area (Å²) in [5.41, 5.74) is 3.75. The number of aromatic nitrogens is 2. The Kier molecular flexibility index (Phi) is 5.81. The molecule has 1 aliphatic rings. The first-order chi connectivity index (χ1) is 12.6. The standard InChI is InChI=1S/C20H29N5O/c1-15-5-6-16(11-19(15)26-4)7-9-22-20(21-2)25-10-8-17(14-25)18-12-23-24(3)13-18/h5-6,11-13,17H,7-10,14H2,1-4H3,(H,21,22). The topological polar surface area (TPSA) is 54.7 Å². The summed E-state index contributed by atoms with van der Waals surface area (Å²) >= 11 is 0. The molecule has 2 aromatic rings. The lowest BCUT2D eigenvalue weighted by Crippen LogP contribution is -2.40. The summed E-state index contributed by atoms with van der Waals surface area (Å²) in [6.07, 6.45) is 6.18. The first-order valence-corrected chi connectivity index (χ1v) is 9.18. The van der Waals surface area contributed by atoms with Crippen LogP contribution in [0.15, 0.2) is 35.6 Å². The van der Waals surface area contributed by atoms with Crippen LogP contribution in [0.5, 0.6) is 5.75 Å². The van der Waals surface area contributed by atoms with Crippen molar-refractivity contribution in [3.8, 4) is 5.75 Å². The molecule has 26 heavy (non-hydrogen) atoms. The molecular formula is C20H29N5O. The molecule has 1 fully saturated rings. The molecule has 6 heteroatoms. The molecule has 0 saturated carbocycles. The van der Waals surface area contributed by atoms with Gasteiger partial charge in [0.15, 0.2) is 5.96 Å². The van der Waals surface area contributed by atoms with Crippen molar-refractivity contribution >= 4 is 5.96 Å². The summed E-state index contributed by atoms with van der Waals surface area (Å²) in [5, 5.41) is 7.80. The Morgan fingerprint density at radius 1 is 1.42 bits per heavy atom. The van der Waals surface area contributed by atoms with E-state index in [-0.39, 0.29) is 0 Å². The van der Waals surface area contributed by atoms with Crippen LogP contribution in [0.25, 0.3) is 0 Å². The highest BCUT2D eigenvalue weighted by Gasteiger charge is 2.26. The van der Waals surface area contributed by atoms with E-state index in [0.29, 0.717) is 5.92 Å². The third-order valence-corrected chi connectivity index (χ3v) is 5.07. The molecule has 1 N–H and O–H groups in total. The van der Waals surface area contributed by atoms with Gasteiger partial charge in [-0.2, -0.15) is 5.10 Å². The van der Waals surface area contributed by atoms with Crippen LogP contribution >= 0.6 is 0 Å². The largest absolute Gasteiger partial charge is 0.496 e. The molecule has 1 aromatic heterocycles. The van der Waals surface area contributed by atoms with Crippen LogP contribution < -0.4 is 10.1 Å². The molecule has 0 aliphatic carbocycles. The van der Waals surface area contributed by atoms with E-state index in [1.165, 1.54) is 16.7 Å². The Balaban J connectivity index is 1.52. The molecule has 0 bridgehead atoms. The van der Waals surface area contributed by atoms with E-state index < -0.39 is 0 Å². The lowest BCUT2D eigenvalue weighted by Gasteiger charge is -2.21. The zero-order valence-electron chi connectivity index (χ0n) is 16.2. The Labute approximate surface area is 155 Å². The summed E-state index contributed by atoms with van der Waals surface area (Å²) in [4.78, 5) is 6.81. The molecule has 0 spiro atoms. The number of methoxy groups -OCH3 is 1. The van der Waals surface area contributed by atoms with Crippen LogP contribution in [0.4, 0.5) is 0 Å². The van der Waals surface area contributed by atoms with E-state index in [1.807, 2.05) is 25.0 Å². The van der Waals surface area contributed by atoms with Crippen molar-refractivity contribution in [2.24, 2.45) is 12.0 Å². The molecule has 0 radical (unpaired) electrons. The normalized spacial score (nSPS) is 17.6. The first-order valence-electron chi connectivity index (χ1n) is 9.18. The summed E-state index contributed by atoms with van der Waals surface area (Å²) in [6, 6.07) is 6.40. The van der Waals surface area contributed by atoms with Crippen molar-refractivity contribution in [2.45, 2.75) is 25.7 Å². The number of rotatable bonds is 5. The molecule has 2 heterocycles. The van der Waals surface area contributed by atoms with Gasteiger partial charge < -0.3 is 15.0 Å². The van der Waals surface area contributed by atoms with E-state index in [1.54, 1.807) is 7.11 Å². The number of nitrogens with one attached hydrogen (secondary N) is 1. The molecule has 1 saturated heterocycles. The van der Waals surface area contributed by atoms with E-state index in [9.17, 15) is 0 Å². The van der Waals surface area contributed by atoms with Crippen molar-refractivity contribution in [2.75, 3.05) is 33.8 Å². The second kappa shape index (κ2) is 8.25. The minimum absolute atomic E-state index is 0.531. The summed E-state index contributed by atoms with van der Waals surface area (Å²) in [7, 11) is 5.55. The highest BCUT2D eigenvalue weighted by Crippen LogP contribution is 2.26. The lowest BCUT2D eigenvalue weighted by atomic mass is 10.0. The van der Waals surface area contributed by atoms with Gasteiger partial charge in [0.1, 0.15) is 5.75 Å². The zero-order valence-corrected chi connectivity index (χ0v) is 16.2. The fraction of sp³-hybridized carbons (Fsp3) is 0.500. The number of aliphatic imine (C=N–C) groups is 1. The predicted molar refractivity (Wildman–Crippen MR) is 105 cm³/mol. The average molecular weight is 355 g/mol. The zero-order chi connectivity index (χ0) is 18.5. The van der Waals surface area contributed by atoms with Crippen molar-refractivity contribution in [1.29, 1.82) is 0 Å². The third-order valence-electron chi connectivity index (χ3n) is 5.07. The Morgan fingerprint density at radius 2 is 2.27 bits per heavy atom. The van der Waals surface area contributed by atoms with Crippen LogP contribution in [0.2, 0.25) is 0 Å². The molecule has 6 nitrogen and oxygen atoms in total. The monoisotopic (exact) mass is 355 g/mol. The second-order valence-electron chi connectivity index (χ2n) is 6.91. The molecule has 1 atom stereocenters. The summed E-state index contributed by atoms with van der Waals surface area (Å²) in [6.45, 7) is 4.93. The molecule has 3 rings (SSSR count). The van der Waals surface area contributed by atoms with Gasteiger partial charge in [0.25, 0.3) is 0 Å². The number of aryl methyl sites for hydroxylation is 2. The van der Waals surface area contributed by atoms with Gasteiger partial charge in [-0.15, -0.1) is 0 Å². The Morgan fingerprint density at radius 3 is 2.96 bits per heavy atom. The van der Waals surface area contributed by atoms with Crippen LogP contribution in [0, 0.1) is 6.92 Å². The minimum atomic E-state index is 0.531. The van der Waals surface area contributed by atoms with Crippen molar-refractivity contribution in [3.05, 3.63) is 47.3 Å². The van der Waals surface area contributed by atoms with Crippen LogP contribution in [0.3, 0.4) is 0 Å². The van der Waals surface area contributed by atoms with E-state index >= 15 is 0 Å². The van der Waals surface area contributed by atoms with Gasteiger partial charge in [0, 0.05) is 45.8 Å². The number of benzene rings is 1. The van der Waals surface area contributed by atoms with Gasteiger partial charge in [-0.3, -0.25) is 9.67 Å². The number of hydrogen-bond acceptors (Lipinski definition) is 3. The van der Waals surface area contributed by atoms with Crippen LogP contribution in [0.1, 0.15) is 29.0 Å². The molecular weight excluding hydrogens is 326 g/mol. The SMILES string of the molecule is CN=C(NCCc1ccc(C)c(OC)c1)N1CCC(c2cnn(C)c2)C1.